The third-order valence-electron chi connectivity index (χ3n) is 4.03. The molecule has 1 heterocycles. The number of fused-ring (bicyclic) bond motifs is 1. The second kappa shape index (κ2) is 7.59. The Morgan fingerprint density at radius 2 is 1.96 bits per heavy atom. The molecule has 0 saturated heterocycles. The number of carbonyl (C=O) groups is 1. The Hall–Kier alpha value is -3.55. The van der Waals surface area contributed by atoms with E-state index in [0.29, 0.717) is 27.8 Å². The summed E-state index contributed by atoms with van der Waals surface area (Å²) < 4.78 is 43.9. The molecule has 0 bridgehead atoms. The molecule has 28 heavy (non-hydrogen) atoms. The van der Waals surface area contributed by atoms with Gasteiger partial charge in [0.15, 0.2) is 5.75 Å². The van der Waals surface area contributed by atoms with Crippen molar-refractivity contribution in [3.05, 3.63) is 71.9 Å². The van der Waals surface area contributed by atoms with Crippen LogP contribution in [0.2, 0.25) is 0 Å². The van der Waals surface area contributed by atoms with Crippen LogP contribution in [0.3, 0.4) is 0 Å². The van der Waals surface area contributed by atoms with E-state index in [1.165, 1.54) is 12.1 Å². The summed E-state index contributed by atoms with van der Waals surface area (Å²) in [6.07, 6.45) is -2.48. The molecule has 0 atom stereocenters. The van der Waals surface area contributed by atoms with Crippen LogP contribution in [-0.4, -0.2) is 16.2 Å². The van der Waals surface area contributed by atoms with Crippen LogP contribution in [0.4, 0.5) is 18.0 Å². The van der Waals surface area contributed by atoms with Crippen LogP contribution in [0.5, 0.6) is 11.5 Å². The van der Waals surface area contributed by atoms with E-state index >= 15 is 0 Å². The zero-order valence-corrected chi connectivity index (χ0v) is 14.5. The van der Waals surface area contributed by atoms with Crippen molar-refractivity contribution in [1.29, 1.82) is 0 Å². The van der Waals surface area contributed by atoms with Gasteiger partial charge in [0.05, 0.1) is 5.56 Å². The van der Waals surface area contributed by atoms with Gasteiger partial charge < -0.3 is 15.2 Å². The fourth-order valence-corrected chi connectivity index (χ4v) is 2.77. The van der Waals surface area contributed by atoms with Crippen molar-refractivity contribution in [2.75, 3.05) is 0 Å². The lowest BCUT2D eigenvalue weighted by Crippen LogP contribution is -2.20. The Morgan fingerprint density at radius 1 is 1.25 bits per heavy atom. The number of hydrogen-bond acceptors (Lipinski definition) is 3. The van der Waals surface area contributed by atoms with Gasteiger partial charge >= 0.3 is 12.3 Å². The number of alkyl halides is 3. The van der Waals surface area contributed by atoms with E-state index in [1.807, 2.05) is 0 Å². The van der Waals surface area contributed by atoms with Crippen molar-refractivity contribution >= 4 is 23.1 Å². The molecule has 2 aromatic carbocycles. The van der Waals surface area contributed by atoms with Crippen LogP contribution in [0.25, 0.3) is 17.0 Å². The topological polar surface area (TPSA) is 71.5 Å². The highest BCUT2D eigenvalue weighted by atomic mass is 19.4. The molecule has 0 aliphatic carbocycles. The number of hydrogen-bond donors (Lipinski definition) is 2. The van der Waals surface area contributed by atoms with Crippen molar-refractivity contribution < 1.29 is 27.8 Å². The summed E-state index contributed by atoms with van der Waals surface area (Å²) in [5.74, 6) is 0.492. The number of nitrogens with zero attached hydrogens (tertiary/aromatic N) is 1. The van der Waals surface area contributed by atoms with Crippen molar-refractivity contribution in [1.82, 2.24) is 10.3 Å². The van der Waals surface area contributed by atoms with Crippen LogP contribution in [-0.2, 0) is 12.7 Å². The van der Waals surface area contributed by atoms with Crippen molar-refractivity contribution in [2.45, 2.75) is 12.7 Å². The maximum atomic E-state index is 12.7. The number of aromatic nitrogens is 1. The molecule has 8 heteroatoms. The minimum absolute atomic E-state index is 0.00485. The van der Waals surface area contributed by atoms with E-state index in [9.17, 15) is 18.0 Å². The largest absolute Gasteiger partial charge is 0.465 e. The van der Waals surface area contributed by atoms with Crippen molar-refractivity contribution in [2.24, 2.45) is 0 Å². The first-order chi connectivity index (χ1) is 13.3. The van der Waals surface area contributed by atoms with Gasteiger partial charge in [0.25, 0.3) is 0 Å². The van der Waals surface area contributed by atoms with Crippen molar-refractivity contribution in [3.63, 3.8) is 0 Å². The van der Waals surface area contributed by atoms with Gasteiger partial charge in [0, 0.05) is 18.1 Å². The summed E-state index contributed by atoms with van der Waals surface area (Å²) in [5, 5.41) is 11.8. The van der Waals surface area contributed by atoms with Gasteiger partial charge in [0.1, 0.15) is 11.3 Å². The number of halogens is 3. The predicted octanol–water partition coefficient (Wildman–Crippen LogP) is 5.46. The predicted molar refractivity (Wildman–Crippen MR) is 98.2 cm³/mol. The number of carboxylic acid groups (broad SMARTS) is 1. The molecule has 3 aromatic rings. The fraction of sp³-hybridized carbons (Fsp3) is 0.100. The molecule has 144 valence electrons. The minimum atomic E-state index is -4.44. The normalized spacial score (nSPS) is 11.2. The van der Waals surface area contributed by atoms with Crippen LogP contribution < -0.4 is 10.1 Å². The Morgan fingerprint density at radius 3 is 2.57 bits per heavy atom. The van der Waals surface area contributed by atoms with Crippen molar-refractivity contribution in [3.8, 4) is 11.5 Å². The second-order valence-electron chi connectivity index (χ2n) is 5.83. The molecular formula is C20H15F3N2O3. The van der Waals surface area contributed by atoms with Crippen LogP contribution in [0, 0.1) is 0 Å². The van der Waals surface area contributed by atoms with Gasteiger partial charge in [-0.25, -0.2) is 4.79 Å². The number of amides is 1. The van der Waals surface area contributed by atoms with Gasteiger partial charge in [-0.1, -0.05) is 18.7 Å². The number of nitrogens with one attached hydrogen (secondary N) is 1. The maximum Gasteiger partial charge on any atom is 0.416 e. The molecule has 0 saturated carbocycles. The summed E-state index contributed by atoms with van der Waals surface area (Å²) in [5.41, 5.74) is 0.990. The number of benzene rings is 2. The molecule has 0 radical (unpaired) electrons. The Labute approximate surface area is 158 Å². The van der Waals surface area contributed by atoms with Gasteiger partial charge in [-0.15, -0.1) is 0 Å². The highest BCUT2D eigenvalue weighted by Gasteiger charge is 2.30. The van der Waals surface area contributed by atoms with Crippen LogP contribution >= 0.6 is 0 Å². The van der Waals surface area contributed by atoms with E-state index in [2.05, 4.69) is 16.9 Å². The fourth-order valence-electron chi connectivity index (χ4n) is 2.77. The molecular weight excluding hydrogens is 373 g/mol. The molecule has 0 fully saturated rings. The van der Waals surface area contributed by atoms with Gasteiger partial charge in [-0.05, 0) is 47.5 Å². The molecule has 0 spiro atoms. The minimum Gasteiger partial charge on any atom is -0.465 e. The smallest absolute Gasteiger partial charge is 0.416 e. The highest BCUT2D eigenvalue weighted by Crippen LogP contribution is 2.35. The van der Waals surface area contributed by atoms with Crippen LogP contribution in [0.15, 0.2) is 55.2 Å². The quantitative estimate of drug-likeness (QED) is 0.609. The van der Waals surface area contributed by atoms with E-state index in [0.717, 1.165) is 12.1 Å². The first-order valence-electron chi connectivity index (χ1n) is 8.14. The van der Waals surface area contributed by atoms with E-state index in [-0.39, 0.29) is 12.3 Å². The monoisotopic (exact) mass is 388 g/mol. The average Bonchev–Trinajstić information content (AvgIpc) is 2.66. The molecule has 0 unspecified atom stereocenters. The standard InChI is InChI=1S/C20H15F3N2O3/c1-2-15-12(11-25-19(26)27)10-17(18-16(15)4-3-9-24-18)28-14-7-5-13(6-8-14)20(21,22)23/h2-10,25H,1,11H2,(H,26,27). The summed E-state index contributed by atoms with van der Waals surface area (Å²) >= 11 is 0. The van der Waals surface area contributed by atoms with Gasteiger partial charge in [0.2, 0.25) is 0 Å². The summed E-state index contributed by atoms with van der Waals surface area (Å²) in [6, 6.07) is 9.38. The second-order valence-corrected chi connectivity index (χ2v) is 5.83. The van der Waals surface area contributed by atoms with E-state index in [4.69, 9.17) is 9.84 Å². The third kappa shape index (κ3) is 4.06. The SMILES string of the molecule is C=Cc1c(CNC(=O)O)cc(Oc2ccc(C(F)(F)F)cc2)c2ncccc12. The Balaban J connectivity index is 2.04. The average molecular weight is 388 g/mol. The molecule has 3 rings (SSSR count). The number of pyridine rings is 1. The molecule has 5 nitrogen and oxygen atoms in total. The zero-order valence-electron chi connectivity index (χ0n) is 14.5. The Kier molecular flexibility index (Phi) is 5.21. The third-order valence-corrected chi connectivity index (χ3v) is 4.03. The zero-order chi connectivity index (χ0) is 20.3. The summed E-state index contributed by atoms with van der Waals surface area (Å²) in [4.78, 5) is 15.1. The number of rotatable bonds is 5. The van der Waals surface area contributed by atoms with Gasteiger partial charge in [-0.3, -0.25) is 4.98 Å². The Bertz CT molecular complexity index is 1030. The molecule has 0 aliphatic rings. The van der Waals surface area contributed by atoms with E-state index in [1.54, 1.807) is 30.5 Å². The lowest BCUT2D eigenvalue weighted by Gasteiger charge is -2.15. The lowest BCUT2D eigenvalue weighted by atomic mass is 10.0. The lowest BCUT2D eigenvalue weighted by molar-refractivity contribution is -0.137. The molecule has 2 N–H and O–H groups in total. The molecule has 1 aromatic heterocycles. The van der Waals surface area contributed by atoms with Gasteiger partial charge in [-0.2, -0.15) is 13.2 Å². The molecule has 1 amide bonds. The summed E-state index contributed by atoms with van der Waals surface area (Å²) in [7, 11) is 0. The first-order valence-corrected chi connectivity index (χ1v) is 8.14. The highest BCUT2D eigenvalue weighted by molar-refractivity contribution is 5.93. The maximum absolute atomic E-state index is 12.7. The molecule has 0 aliphatic heterocycles. The number of ether oxygens (including phenoxy) is 1. The summed E-state index contributed by atoms with van der Waals surface area (Å²) in [6.45, 7) is 3.77. The van der Waals surface area contributed by atoms with E-state index < -0.39 is 17.8 Å². The first kappa shape index (κ1) is 19.2. The van der Waals surface area contributed by atoms with Crippen LogP contribution in [0.1, 0.15) is 16.7 Å².